The van der Waals surface area contributed by atoms with Crippen molar-refractivity contribution in [3.05, 3.63) is 36.4 Å². The van der Waals surface area contributed by atoms with Gasteiger partial charge in [-0.25, -0.2) is 13.1 Å². The maximum atomic E-state index is 12.9. The van der Waals surface area contributed by atoms with Gasteiger partial charge in [-0.05, 0) is 44.4 Å². The number of benzene rings is 2. The number of sulfonamides is 1. The van der Waals surface area contributed by atoms with E-state index in [1.807, 2.05) is 43.3 Å². The lowest BCUT2D eigenvalue weighted by Crippen LogP contribution is -2.25. The summed E-state index contributed by atoms with van der Waals surface area (Å²) >= 11 is 0. The fourth-order valence-corrected chi connectivity index (χ4v) is 5.57. The van der Waals surface area contributed by atoms with Crippen molar-refractivity contribution < 1.29 is 13.2 Å². The normalized spacial score (nSPS) is 11.7. The van der Waals surface area contributed by atoms with Crippen molar-refractivity contribution in [1.82, 2.24) is 4.72 Å². The van der Waals surface area contributed by atoms with Gasteiger partial charge in [0, 0.05) is 49.9 Å². The fraction of sp³-hybridized carbons (Fsp3) is 0.593. The van der Waals surface area contributed by atoms with Crippen LogP contribution in [0.15, 0.2) is 41.3 Å². The van der Waals surface area contributed by atoms with Gasteiger partial charge in [-0.2, -0.15) is 0 Å². The molecule has 190 valence electrons. The Kier molecular flexibility index (Phi) is 12.6. The minimum Gasteiger partial charge on any atom is -0.377 e. The molecule has 0 aliphatic rings. The average molecular weight is 490 g/mol. The first-order valence-corrected chi connectivity index (χ1v) is 14.3. The Balaban J connectivity index is 1.67. The number of nitrogens with one attached hydrogen (secondary N) is 1. The number of Topliss-reactive ketones (excluding diaryl/α,β-unsaturated/α-hetero) is 1. The molecule has 0 amide bonds. The summed E-state index contributed by atoms with van der Waals surface area (Å²) in [7, 11) is 0.299. The standard InChI is InChI=1S/C27H43N3O3S/c1-30(2)26-19-13-18-25-24(26)17-14-20-27(25)34(32,33)29-22-12-8-10-16-23(31)15-9-6-4-3-5-7-11-21-28/h13-14,17-20,29H,3-12,15-16,21-22,28H2,1-2H3. The second-order valence-electron chi connectivity index (χ2n) is 9.28. The van der Waals surface area contributed by atoms with E-state index in [0.29, 0.717) is 30.1 Å². The van der Waals surface area contributed by atoms with Crippen molar-refractivity contribution in [2.24, 2.45) is 5.73 Å². The first kappa shape index (κ1) is 28.3. The Morgan fingerprint density at radius 3 is 2.00 bits per heavy atom. The Hall–Kier alpha value is -1.96. The number of nitrogens with two attached hydrogens (primary N) is 1. The van der Waals surface area contributed by atoms with Crippen molar-refractivity contribution in [2.45, 2.75) is 81.9 Å². The summed E-state index contributed by atoms with van der Waals surface area (Å²) in [5.41, 5.74) is 6.48. The summed E-state index contributed by atoms with van der Waals surface area (Å²) in [6.45, 7) is 1.16. The number of ketones is 1. The molecule has 0 spiro atoms. The molecule has 0 saturated heterocycles. The van der Waals surface area contributed by atoms with Crippen molar-refractivity contribution in [2.75, 3.05) is 32.1 Å². The molecule has 0 unspecified atom stereocenters. The molecule has 34 heavy (non-hydrogen) atoms. The van der Waals surface area contributed by atoms with Gasteiger partial charge in [0.05, 0.1) is 4.90 Å². The predicted octanol–water partition coefficient (Wildman–Crippen LogP) is 5.39. The van der Waals surface area contributed by atoms with Crippen LogP contribution in [0.4, 0.5) is 5.69 Å². The third kappa shape index (κ3) is 9.35. The van der Waals surface area contributed by atoms with Crippen LogP contribution in [0.5, 0.6) is 0 Å². The number of hydrogen-bond acceptors (Lipinski definition) is 5. The molecular weight excluding hydrogens is 446 g/mol. The number of anilines is 1. The number of unbranched alkanes of at least 4 members (excludes halogenated alkanes) is 8. The fourth-order valence-electron chi connectivity index (χ4n) is 4.27. The number of hydrogen-bond donors (Lipinski definition) is 2. The van der Waals surface area contributed by atoms with Crippen LogP contribution in [0, 0.1) is 0 Å². The molecule has 0 radical (unpaired) electrons. The maximum Gasteiger partial charge on any atom is 0.241 e. The zero-order chi connectivity index (χ0) is 24.8. The first-order chi connectivity index (χ1) is 16.4. The Morgan fingerprint density at radius 1 is 0.794 bits per heavy atom. The number of rotatable bonds is 18. The highest BCUT2D eigenvalue weighted by Crippen LogP contribution is 2.30. The molecule has 3 N–H and O–H groups in total. The average Bonchev–Trinajstić information content (AvgIpc) is 2.82. The lowest BCUT2D eigenvalue weighted by molar-refractivity contribution is -0.119. The quantitative estimate of drug-likeness (QED) is 0.274. The van der Waals surface area contributed by atoms with Crippen molar-refractivity contribution in [3.8, 4) is 0 Å². The van der Waals surface area contributed by atoms with Crippen LogP contribution in [-0.2, 0) is 14.8 Å². The monoisotopic (exact) mass is 489 g/mol. The van der Waals surface area contributed by atoms with Crippen LogP contribution in [-0.4, -0.2) is 41.4 Å². The van der Waals surface area contributed by atoms with Gasteiger partial charge in [0.2, 0.25) is 10.0 Å². The molecule has 0 aliphatic heterocycles. The van der Waals surface area contributed by atoms with Crippen molar-refractivity contribution in [1.29, 1.82) is 0 Å². The van der Waals surface area contributed by atoms with Gasteiger partial charge >= 0.3 is 0 Å². The van der Waals surface area contributed by atoms with Crippen LogP contribution in [0.3, 0.4) is 0 Å². The molecule has 6 nitrogen and oxygen atoms in total. The summed E-state index contributed by atoms with van der Waals surface area (Å²) in [5, 5.41) is 1.64. The van der Waals surface area contributed by atoms with Gasteiger partial charge in [-0.3, -0.25) is 4.79 Å². The molecule has 7 heteroatoms. The van der Waals surface area contributed by atoms with Crippen LogP contribution in [0.1, 0.15) is 77.0 Å². The van der Waals surface area contributed by atoms with E-state index in [1.54, 1.807) is 12.1 Å². The minimum atomic E-state index is -3.60. The van der Waals surface area contributed by atoms with Crippen molar-refractivity contribution >= 4 is 32.3 Å². The zero-order valence-corrected chi connectivity index (χ0v) is 21.8. The Bertz CT molecular complexity index is 990. The molecule has 0 saturated carbocycles. The van der Waals surface area contributed by atoms with E-state index < -0.39 is 10.0 Å². The first-order valence-electron chi connectivity index (χ1n) is 12.8. The second kappa shape index (κ2) is 15.1. The largest absolute Gasteiger partial charge is 0.377 e. The maximum absolute atomic E-state index is 12.9. The number of fused-ring (bicyclic) bond motifs is 1. The SMILES string of the molecule is CN(C)c1cccc2c(S(=O)(=O)NCCCCCC(=O)CCCCCCCCCN)cccc12. The summed E-state index contributed by atoms with van der Waals surface area (Å²) in [6, 6.07) is 11.1. The van der Waals surface area contributed by atoms with E-state index >= 15 is 0 Å². The molecule has 0 aromatic heterocycles. The van der Waals surface area contributed by atoms with Gasteiger partial charge < -0.3 is 10.6 Å². The van der Waals surface area contributed by atoms with Gasteiger partial charge in [0.1, 0.15) is 5.78 Å². The number of carbonyl (C=O) groups is 1. The Labute approximate surface area is 206 Å². The summed E-state index contributed by atoms with van der Waals surface area (Å²) in [4.78, 5) is 14.4. The molecule has 0 heterocycles. The van der Waals surface area contributed by atoms with Gasteiger partial charge in [0.15, 0.2) is 0 Å². The highest BCUT2D eigenvalue weighted by molar-refractivity contribution is 7.89. The molecular formula is C27H43N3O3S. The van der Waals surface area contributed by atoms with E-state index in [-0.39, 0.29) is 0 Å². The van der Waals surface area contributed by atoms with Gasteiger partial charge in [0.25, 0.3) is 0 Å². The lowest BCUT2D eigenvalue weighted by Gasteiger charge is -2.17. The molecule has 0 bridgehead atoms. The third-order valence-corrected chi connectivity index (χ3v) is 7.73. The topological polar surface area (TPSA) is 92.5 Å². The summed E-state index contributed by atoms with van der Waals surface area (Å²) < 4.78 is 28.6. The lowest BCUT2D eigenvalue weighted by atomic mass is 10.0. The Morgan fingerprint density at radius 2 is 1.35 bits per heavy atom. The van der Waals surface area contributed by atoms with Crippen LogP contribution >= 0.6 is 0 Å². The minimum absolute atomic E-state index is 0.309. The van der Waals surface area contributed by atoms with Gasteiger partial charge in [-0.1, -0.05) is 62.8 Å². The molecule has 2 aromatic carbocycles. The van der Waals surface area contributed by atoms with E-state index in [9.17, 15) is 13.2 Å². The zero-order valence-electron chi connectivity index (χ0n) is 21.0. The number of carbonyl (C=O) groups excluding carboxylic acids is 1. The van der Waals surface area contributed by atoms with E-state index in [2.05, 4.69) is 4.72 Å². The van der Waals surface area contributed by atoms with E-state index in [4.69, 9.17) is 5.73 Å². The second-order valence-corrected chi connectivity index (χ2v) is 11.0. The van der Waals surface area contributed by atoms with Crippen LogP contribution < -0.4 is 15.4 Å². The van der Waals surface area contributed by atoms with Crippen LogP contribution in [0.25, 0.3) is 10.8 Å². The molecule has 0 fully saturated rings. The highest BCUT2D eigenvalue weighted by Gasteiger charge is 2.18. The smallest absolute Gasteiger partial charge is 0.241 e. The molecule has 0 atom stereocenters. The molecule has 2 rings (SSSR count). The van der Waals surface area contributed by atoms with E-state index in [1.165, 1.54) is 25.7 Å². The predicted molar refractivity (Wildman–Crippen MR) is 143 cm³/mol. The van der Waals surface area contributed by atoms with Crippen molar-refractivity contribution in [3.63, 3.8) is 0 Å². The highest BCUT2D eigenvalue weighted by atomic mass is 32.2. The number of nitrogens with zero attached hydrogens (tertiary/aromatic N) is 1. The summed E-state index contributed by atoms with van der Waals surface area (Å²) in [5.74, 6) is 0.330. The molecule has 2 aromatic rings. The van der Waals surface area contributed by atoms with E-state index in [0.717, 1.165) is 61.5 Å². The molecule has 0 aliphatic carbocycles. The van der Waals surface area contributed by atoms with Gasteiger partial charge in [-0.15, -0.1) is 0 Å². The van der Waals surface area contributed by atoms with Crippen LogP contribution in [0.2, 0.25) is 0 Å². The third-order valence-electron chi connectivity index (χ3n) is 6.21. The summed E-state index contributed by atoms with van der Waals surface area (Å²) in [6.07, 6.45) is 11.8.